The second-order valence-electron chi connectivity index (χ2n) is 7.80. The summed E-state index contributed by atoms with van der Waals surface area (Å²) < 4.78 is 53.3. The molecule has 1 aromatic heterocycles. The molecule has 0 radical (unpaired) electrons. The Balaban J connectivity index is 1.39. The predicted molar refractivity (Wildman–Crippen MR) is 98.1 cm³/mol. The Labute approximate surface area is 169 Å². The summed E-state index contributed by atoms with van der Waals surface area (Å²) >= 11 is 0. The Bertz CT molecular complexity index is 1040. The van der Waals surface area contributed by atoms with Gasteiger partial charge >= 0.3 is 18.1 Å². The molecule has 2 amide bonds. The maximum Gasteiger partial charge on any atom is 0.492 e. The number of carbonyl (C=O) groups is 1. The first-order valence-electron chi connectivity index (χ1n) is 9.56. The van der Waals surface area contributed by atoms with Gasteiger partial charge in [0, 0.05) is 37.3 Å². The molecule has 30 heavy (non-hydrogen) atoms. The van der Waals surface area contributed by atoms with Crippen LogP contribution in [0.25, 0.3) is 0 Å². The fraction of sp³-hybridized carbons (Fsp3) is 0.400. The van der Waals surface area contributed by atoms with Gasteiger partial charge in [0.2, 0.25) is 0 Å². The van der Waals surface area contributed by atoms with E-state index in [0.717, 1.165) is 12.1 Å². The number of benzene rings is 1. The molecule has 0 saturated carbocycles. The van der Waals surface area contributed by atoms with Crippen LogP contribution in [0, 0.1) is 5.92 Å². The number of para-hydroxylation sites is 2. The molecule has 3 aliphatic rings. The molecule has 158 valence electrons. The van der Waals surface area contributed by atoms with Crippen molar-refractivity contribution in [2.75, 3.05) is 13.1 Å². The number of rotatable bonds is 1. The number of pyridine rings is 1. The Kier molecular flexibility index (Phi) is 4.03. The van der Waals surface area contributed by atoms with E-state index < -0.39 is 18.1 Å². The lowest BCUT2D eigenvalue weighted by Gasteiger charge is -2.43. The van der Waals surface area contributed by atoms with Crippen molar-refractivity contribution in [2.24, 2.45) is 5.92 Å². The van der Waals surface area contributed by atoms with Gasteiger partial charge in [-0.25, -0.2) is 4.79 Å². The summed E-state index contributed by atoms with van der Waals surface area (Å²) in [4.78, 5) is 26.3. The molecule has 2 bridgehead atoms. The number of fused-ring (bicyclic) bond motifs is 5. The van der Waals surface area contributed by atoms with E-state index in [1.54, 1.807) is 10.6 Å². The van der Waals surface area contributed by atoms with E-state index in [2.05, 4.69) is 0 Å². The molecular weight excluding hydrogens is 403 g/mol. The molecule has 3 aliphatic heterocycles. The summed E-state index contributed by atoms with van der Waals surface area (Å²) in [5, 5.41) is 1.92. The smallest absolute Gasteiger partial charge is 0.424 e. The second-order valence-corrected chi connectivity index (χ2v) is 7.80. The van der Waals surface area contributed by atoms with Crippen molar-refractivity contribution >= 4 is 6.03 Å². The first-order chi connectivity index (χ1) is 14.3. The Morgan fingerprint density at radius 2 is 1.73 bits per heavy atom. The first-order valence-corrected chi connectivity index (χ1v) is 9.56. The van der Waals surface area contributed by atoms with Crippen LogP contribution in [0.15, 0.2) is 47.3 Å². The molecule has 10 heteroatoms. The SMILES string of the molecule is O=C(NC1(C(F)(F)F)Oc2ccccc2O1)N1C[C@@H]2C[C@H](C1)c1cccc(=O)n1C2. The zero-order valence-electron chi connectivity index (χ0n) is 15.7. The minimum Gasteiger partial charge on any atom is -0.424 e. The third-order valence-electron chi connectivity index (χ3n) is 5.77. The van der Waals surface area contributed by atoms with E-state index in [0.29, 0.717) is 6.54 Å². The summed E-state index contributed by atoms with van der Waals surface area (Å²) in [6, 6.07) is 9.74. The third-order valence-corrected chi connectivity index (χ3v) is 5.77. The molecule has 2 atom stereocenters. The average Bonchev–Trinajstić information content (AvgIpc) is 3.08. The van der Waals surface area contributed by atoms with Gasteiger partial charge in [0.05, 0.1) is 0 Å². The fourth-order valence-corrected chi connectivity index (χ4v) is 4.47. The number of hydrogen-bond donors (Lipinski definition) is 1. The molecule has 1 saturated heterocycles. The van der Waals surface area contributed by atoms with Crippen LogP contribution in [0.2, 0.25) is 0 Å². The van der Waals surface area contributed by atoms with Crippen LogP contribution in [0.4, 0.5) is 18.0 Å². The standard InChI is InChI=1S/C20H18F3N3O4/c21-19(22,23)20(29-15-5-1-2-6-16(15)30-20)24-18(28)25-9-12-8-13(11-25)14-4-3-7-17(27)26(14)10-12/h1-7,12-13H,8-11H2,(H,24,28)/t12-,13+/m0/s1. The summed E-state index contributed by atoms with van der Waals surface area (Å²) in [5.74, 6) is -3.62. The van der Waals surface area contributed by atoms with Crippen molar-refractivity contribution in [1.29, 1.82) is 0 Å². The molecule has 0 aliphatic carbocycles. The zero-order valence-corrected chi connectivity index (χ0v) is 15.7. The van der Waals surface area contributed by atoms with Crippen LogP contribution in [0.5, 0.6) is 11.5 Å². The molecule has 1 N–H and O–H groups in total. The van der Waals surface area contributed by atoms with Crippen LogP contribution in [-0.2, 0) is 6.54 Å². The summed E-state index contributed by atoms with van der Waals surface area (Å²) in [7, 11) is 0. The van der Waals surface area contributed by atoms with Gasteiger partial charge in [-0.2, -0.15) is 13.2 Å². The maximum absolute atomic E-state index is 13.9. The summed E-state index contributed by atoms with van der Waals surface area (Å²) in [6.07, 6.45) is -4.23. The van der Waals surface area contributed by atoms with Crippen molar-refractivity contribution in [3.05, 3.63) is 58.5 Å². The highest BCUT2D eigenvalue weighted by Crippen LogP contribution is 2.45. The monoisotopic (exact) mass is 421 g/mol. The number of nitrogens with one attached hydrogen (secondary N) is 1. The lowest BCUT2D eigenvalue weighted by atomic mass is 9.83. The van der Waals surface area contributed by atoms with Gasteiger partial charge in [0.15, 0.2) is 11.5 Å². The molecule has 5 rings (SSSR count). The Morgan fingerprint density at radius 3 is 2.40 bits per heavy atom. The molecule has 7 nitrogen and oxygen atoms in total. The highest BCUT2D eigenvalue weighted by atomic mass is 19.4. The number of halogens is 3. The maximum atomic E-state index is 13.9. The average molecular weight is 421 g/mol. The van der Waals surface area contributed by atoms with Gasteiger partial charge in [-0.1, -0.05) is 18.2 Å². The number of nitrogens with zero attached hydrogens (tertiary/aromatic N) is 2. The van der Waals surface area contributed by atoms with E-state index >= 15 is 0 Å². The van der Waals surface area contributed by atoms with Crippen molar-refractivity contribution in [2.45, 2.75) is 31.0 Å². The Morgan fingerprint density at radius 1 is 1.03 bits per heavy atom. The topological polar surface area (TPSA) is 72.8 Å². The van der Waals surface area contributed by atoms with Gasteiger partial charge in [0.1, 0.15) is 0 Å². The highest BCUT2D eigenvalue weighted by Gasteiger charge is 2.66. The molecule has 4 heterocycles. The number of aromatic nitrogens is 1. The van der Waals surface area contributed by atoms with E-state index in [1.807, 2.05) is 11.4 Å². The number of ether oxygens (including phenoxy) is 2. The summed E-state index contributed by atoms with van der Waals surface area (Å²) in [6.45, 7) is 0.870. The number of urea groups is 1. The van der Waals surface area contributed by atoms with Gasteiger partial charge in [-0.05, 0) is 30.5 Å². The largest absolute Gasteiger partial charge is 0.492 e. The van der Waals surface area contributed by atoms with E-state index in [-0.39, 0.29) is 42.0 Å². The van der Waals surface area contributed by atoms with Gasteiger partial charge < -0.3 is 18.9 Å². The van der Waals surface area contributed by atoms with Gasteiger partial charge in [-0.3, -0.25) is 10.1 Å². The number of piperidine rings is 1. The van der Waals surface area contributed by atoms with Crippen LogP contribution in [0.3, 0.4) is 0 Å². The third kappa shape index (κ3) is 2.89. The fourth-order valence-electron chi connectivity index (χ4n) is 4.47. The van der Waals surface area contributed by atoms with E-state index in [1.165, 1.54) is 35.2 Å². The molecule has 1 aromatic carbocycles. The zero-order chi connectivity index (χ0) is 21.1. The number of amides is 2. The molecular formula is C20H18F3N3O4. The van der Waals surface area contributed by atoms with E-state index in [9.17, 15) is 22.8 Å². The van der Waals surface area contributed by atoms with Crippen LogP contribution >= 0.6 is 0 Å². The van der Waals surface area contributed by atoms with Crippen molar-refractivity contribution in [3.63, 3.8) is 0 Å². The molecule has 0 unspecified atom stereocenters. The van der Waals surface area contributed by atoms with Crippen molar-refractivity contribution in [1.82, 2.24) is 14.8 Å². The minimum atomic E-state index is -5.01. The Hall–Kier alpha value is -3.17. The highest BCUT2D eigenvalue weighted by molar-refractivity contribution is 5.75. The normalized spacial score (nSPS) is 23.6. The molecule has 2 aromatic rings. The van der Waals surface area contributed by atoms with Crippen molar-refractivity contribution < 1.29 is 27.4 Å². The lowest BCUT2D eigenvalue weighted by molar-refractivity contribution is -0.318. The second kappa shape index (κ2) is 6.41. The quantitative estimate of drug-likeness (QED) is 0.769. The minimum absolute atomic E-state index is 0.0217. The van der Waals surface area contributed by atoms with Crippen LogP contribution in [0.1, 0.15) is 18.0 Å². The number of hydrogen-bond acceptors (Lipinski definition) is 4. The van der Waals surface area contributed by atoms with Gasteiger partial charge in [-0.15, -0.1) is 0 Å². The molecule has 0 spiro atoms. The van der Waals surface area contributed by atoms with Crippen molar-refractivity contribution in [3.8, 4) is 11.5 Å². The summed E-state index contributed by atoms with van der Waals surface area (Å²) in [5.41, 5.74) is 0.684. The number of likely N-dealkylation sites (tertiary alicyclic amines) is 1. The number of carbonyl (C=O) groups excluding carboxylic acids is 1. The van der Waals surface area contributed by atoms with Crippen LogP contribution in [-0.4, -0.2) is 40.7 Å². The number of alkyl halides is 3. The van der Waals surface area contributed by atoms with Gasteiger partial charge in [0.25, 0.3) is 5.56 Å². The lowest BCUT2D eigenvalue weighted by Crippen LogP contribution is -2.67. The van der Waals surface area contributed by atoms with Crippen LogP contribution < -0.4 is 20.3 Å². The predicted octanol–water partition coefficient (Wildman–Crippen LogP) is 2.66. The molecule has 1 fully saturated rings. The van der Waals surface area contributed by atoms with E-state index in [4.69, 9.17) is 9.47 Å². The first kappa shape index (κ1) is 18.8.